The van der Waals surface area contributed by atoms with Crippen molar-refractivity contribution in [3.63, 3.8) is 0 Å². The maximum absolute atomic E-state index is 9.33. The minimum atomic E-state index is -4.16. The minimum Gasteiger partial charge on any atom is -0.367 e. The van der Waals surface area contributed by atoms with Gasteiger partial charge in [-0.25, -0.2) is 0 Å². The second kappa shape index (κ2) is 11.0. The molecule has 0 aliphatic rings. The molecule has 1 N–H and O–H groups in total. The SMILES string of the molecule is CN(C)CCOC(c1ccccc1)c1ccccc1.COS(=O)(=O)O. The quantitative estimate of drug-likeness (QED) is 0.759. The number of benzene rings is 2. The Kier molecular flexibility index (Phi) is 9.33. The predicted molar refractivity (Wildman–Crippen MR) is 97.8 cm³/mol. The molecule has 0 saturated carbocycles. The van der Waals surface area contributed by atoms with Crippen LogP contribution in [0.4, 0.5) is 0 Å². The van der Waals surface area contributed by atoms with Crippen molar-refractivity contribution in [1.82, 2.24) is 4.90 Å². The third kappa shape index (κ3) is 9.33. The second-order valence-electron chi connectivity index (χ2n) is 5.47. The fourth-order valence-corrected chi connectivity index (χ4v) is 1.99. The van der Waals surface area contributed by atoms with Crippen molar-refractivity contribution in [1.29, 1.82) is 0 Å². The summed E-state index contributed by atoms with van der Waals surface area (Å²) >= 11 is 0. The Labute approximate surface area is 150 Å². The molecule has 0 aromatic heterocycles. The first-order valence-electron chi connectivity index (χ1n) is 7.72. The summed E-state index contributed by atoms with van der Waals surface area (Å²) in [5.41, 5.74) is 2.40. The first-order chi connectivity index (χ1) is 11.8. The number of likely N-dealkylation sites (N-methyl/N-ethyl adjacent to an activating group) is 1. The van der Waals surface area contributed by atoms with Gasteiger partial charge in [0.25, 0.3) is 0 Å². The fraction of sp³-hybridized carbons (Fsp3) is 0.333. The molecular weight excluding hydrogens is 342 g/mol. The smallest absolute Gasteiger partial charge is 0.367 e. The van der Waals surface area contributed by atoms with Gasteiger partial charge in [0.1, 0.15) is 6.10 Å². The van der Waals surface area contributed by atoms with Crippen LogP contribution in [0.5, 0.6) is 0 Å². The van der Waals surface area contributed by atoms with Gasteiger partial charge in [0.05, 0.1) is 13.7 Å². The molecule has 0 spiro atoms. The summed E-state index contributed by atoms with van der Waals surface area (Å²) in [6.45, 7) is 1.65. The van der Waals surface area contributed by atoms with E-state index in [0.29, 0.717) is 0 Å². The Morgan fingerprint density at radius 1 is 0.960 bits per heavy atom. The van der Waals surface area contributed by atoms with Gasteiger partial charge in [-0.2, -0.15) is 8.42 Å². The summed E-state index contributed by atoms with van der Waals surface area (Å²) in [5.74, 6) is 0. The van der Waals surface area contributed by atoms with Gasteiger partial charge < -0.3 is 9.64 Å². The molecule has 0 heterocycles. The van der Waals surface area contributed by atoms with Gasteiger partial charge in [0.15, 0.2) is 0 Å². The summed E-state index contributed by atoms with van der Waals surface area (Å²) in [7, 11) is 0.826. The van der Waals surface area contributed by atoms with Crippen molar-refractivity contribution in [3.8, 4) is 0 Å². The average molecular weight is 367 g/mol. The molecule has 2 aromatic rings. The van der Waals surface area contributed by atoms with Crippen molar-refractivity contribution in [2.75, 3.05) is 34.4 Å². The monoisotopic (exact) mass is 367 g/mol. The highest BCUT2D eigenvalue weighted by Gasteiger charge is 2.13. The van der Waals surface area contributed by atoms with Crippen LogP contribution < -0.4 is 0 Å². The van der Waals surface area contributed by atoms with Crippen LogP contribution in [0, 0.1) is 0 Å². The van der Waals surface area contributed by atoms with Crippen LogP contribution in [-0.4, -0.2) is 52.2 Å². The van der Waals surface area contributed by atoms with Gasteiger partial charge in [-0.05, 0) is 25.2 Å². The van der Waals surface area contributed by atoms with Crippen LogP contribution in [0.2, 0.25) is 0 Å². The normalized spacial score (nSPS) is 11.3. The number of ether oxygens (including phenoxy) is 1. The summed E-state index contributed by atoms with van der Waals surface area (Å²) < 4.78 is 35.8. The van der Waals surface area contributed by atoms with Crippen molar-refractivity contribution in [3.05, 3.63) is 71.8 Å². The van der Waals surface area contributed by atoms with Gasteiger partial charge in [0.2, 0.25) is 0 Å². The zero-order valence-electron chi connectivity index (χ0n) is 14.7. The van der Waals surface area contributed by atoms with Crippen molar-refractivity contribution in [2.45, 2.75) is 6.10 Å². The van der Waals surface area contributed by atoms with E-state index in [4.69, 9.17) is 9.29 Å². The third-order valence-corrected chi connectivity index (χ3v) is 3.66. The van der Waals surface area contributed by atoms with Gasteiger partial charge in [-0.1, -0.05) is 60.7 Å². The van der Waals surface area contributed by atoms with Crippen molar-refractivity contribution in [2.24, 2.45) is 0 Å². The highest BCUT2D eigenvalue weighted by atomic mass is 32.3. The van der Waals surface area contributed by atoms with Crippen LogP contribution in [0.15, 0.2) is 60.7 Å². The molecule has 0 amide bonds. The molecule has 0 fully saturated rings. The molecule has 0 saturated heterocycles. The van der Waals surface area contributed by atoms with Crippen LogP contribution in [0.3, 0.4) is 0 Å². The Hall–Kier alpha value is -1.77. The molecular formula is C18H25NO5S. The minimum absolute atomic E-state index is 0.0161. The molecule has 0 aliphatic carbocycles. The van der Waals surface area contributed by atoms with Gasteiger partial charge in [0, 0.05) is 6.54 Å². The van der Waals surface area contributed by atoms with Gasteiger partial charge in [-0.3, -0.25) is 8.74 Å². The van der Waals surface area contributed by atoms with Crippen LogP contribution in [0.1, 0.15) is 17.2 Å². The lowest BCUT2D eigenvalue weighted by atomic mass is 10.0. The third-order valence-electron chi connectivity index (χ3n) is 3.24. The van der Waals surface area contributed by atoms with Crippen molar-refractivity contribution < 1.29 is 21.9 Å². The topological polar surface area (TPSA) is 76.1 Å². The fourth-order valence-electron chi connectivity index (χ4n) is 1.99. The van der Waals surface area contributed by atoms with E-state index in [0.717, 1.165) is 20.3 Å². The molecule has 7 heteroatoms. The second-order valence-corrected chi connectivity index (χ2v) is 6.66. The first kappa shape index (κ1) is 21.3. The van der Waals surface area contributed by atoms with Crippen LogP contribution in [0.25, 0.3) is 0 Å². The van der Waals surface area contributed by atoms with Gasteiger partial charge >= 0.3 is 10.4 Å². The largest absolute Gasteiger partial charge is 0.397 e. The summed E-state index contributed by atoms with van der Waals surface area (Å²) in [4.78, 5) is 2.13. The molecule has 0 atom stereocenters. The molecule has 0 unspecified atom stereocenters. The van der Waals surface area contributed by atoms with E-state index in [9.17, 15) is 8.42 Å². The molecule has 2 aromatic carbocycles. The number of hydrogen-bond donors (Lipinski definition) is 1. The average Bonchev–Trinajstić information content (AvgIpc) is 2.60. The Balaban J connectivity index is 0.000000450. The van der Waals surface area contributed by atoms with E-state index in [2.05, 4.69) is 71.7 Å². The predicted octanol–water partition coefficient (Wildman–Crippen LogP) is 2.79. The lowest BCUT2D eigenvalue weighted by molar-refractivity contribution is 0.0687. The number of hydrogen-bond acceptors (Lipinski definition) is 5. The van der Waals surface area contributed by atoms with E-state index >= 15 is 0 Å². The van der Waals surface area contributed by atoms with E-state index in [-0.39, 0.29) is 6.10 Å². The summed E-state index contributed by atoms with van der Waals surface area (Å²) in [5, 5.41) is 0. The van der Waals surface area contributed by atoms with Gasteiger partial charge in [-0.15, -0.1) is 0 Å². The first-order valence-corrected chi connectivity index (χ1v) is 9.09. The molecule has 0 aliphatic heterocycles. The summed E-state index contributed by atoms with van der Waals surface area (Å²) in [6.07, 6.45) is 0.0161. The maximum Gasteiger partial charge on any atom is 0.397 e. The molecule has 0 bridgehead atoms. The Bertz CT molecular complexity index is 650. The number of nitrogens with zero attached hydrogens (tertiary/aromatic N) is 1. The highest BCUT2D eigenvalue weighted by Crippen LogP contribution is 2.25. The zero-order valence-corrected chi connectivity index (χ0v) is 15.5. The van der Waals surface area contributed by atoms with Crippen molar-refractivity contribution >= 4 is 10.4 Å². The lowest BCUT2D eigenvalue weighted by Crippen LogP contribution is -2.20. The Morgan fingerprint density at radius 3 is 1.68 bits per heavy atom. The molecule has 6 nitrogen and oxygen atoms in total. The van der Waals surface area contributed by atoms with E-state index < -0.39 is 10.4 Å². The molecule has 138 valence electrons. The standard InChI is InChI=1S/C17H21NO.CH4O4S/c1-18(2)13-14-19-17(15-9-5-3-6-10-15)16-11-7-4-8-12-16;1-5-6(2,3)4/h3-12,17H,13-14H2,1-2H3;1H3,(H,2,3,4). The van der Waals surface area contributed by atoms with E-state index in [1.807, 2.05) is 12.1 Å². The van der Waals surface area contributed by atoms with E-state index in [1.165, 1.54) is 11.1 Å². The highest BCUT2D eigenvalue weighted by molar-refractivity contribution is 7.80. The Morgan fingerprint density at radius 2 is 1.36 bits per heavy atom. The molecule has 0 radical (unpaired) electrons. The van der Waals surface area contributed by atoms with Crippen LogP contribution in [-0.2, 0) is 19.3 Å². The lowest BCUT2D eigenvalue weighted by Gasteiger charge is -2.20. The maximum atomic E-state index is 9.33. The number of rotatable bonds is 7. The summed E-state index contributed by atoms with van der Waals surface area (Å²) in [6, 6.07) is 20.8. The molecule has 25 heavy (non-hydrogen) atoms. The zero-order chi connectivity index (χ0) is 18.7. The molecule has 2 rings (SSSR count). The van der Waals surface area contributed by atoms with E-state index in [1.54, 1.807) is 0 Å². The van der Waals surface area contributed by atoms with Crippen LogP contribution >= 0.6 is 0 Å².